The molecule has 0 radical (unpaired) electrons. The fraction of sp³-hybridized carbons (Fsp3) is 0.0769. The van der Waals surface area contributed by atoms with Gasteiger partial charge in [0, 0.05) is 5.56 Å². The zero-order valence-corrected chi connectivity index (χ0v) is 9.96. The third kappa shape index (κ3) is 2.18. The molecule has 0 saturated heterocycles. The van der Waals surface area contributed by atoms with Crippen molar-refractivity contribution >= 4 is 5.65 Å². The summed E-state index contributed by atoms with van der Waals surface area (Å²) < 4.78 is 39.3. The van der Waals surface area contributed by atoms with E-state index in [0.29, 0.717) is 5.65 Å². The Morgan fingerprint density at radius 1 is 1.10 bits per heavy atom. The van der Waals surface area contributed by atoms with E-state index in [1.807, 2.05) is 0 Å². The van der Waals surface area contributed by atoms with Crippen LogP contribution >= 0.6 is 0 Å². The van der Waals surface area contributed by atoms with Crippen LogP contribution in [0.2, 0.25) is 0 Å². The maximum atomic E-state index is 12.7. The van der Waals surface area contributed by atoms with Crippen molar-refractivity contribution in [3.05, 3.63) is 48.2 Å². The molecule has 0 aliphatic heterocycles. The molecule has 102 valence electrons. The van der Waals surface area contributed by atoms with Crippen LogP contribution in [0.5, 0.6) is 5.75 Å². The molecule has 3 aromatic rings. The number of pyridine rings is 1. The van der Waals surface area contributed by atoms with Gasteiger partial charge in [0.2, 0.25) is 0 Å². The van der Waals surface area contributed by atoms with Gasteiger partial charge in [-0.1, -0.05) is 12.1 Å². The van der Waals surface area contributed by atoms with Gasteiger partial charge in [0.15, 0.2) is 11.5 Å². The first-order valence-electron chi connectivity index (χ1n) is 5.66. The van der Waals surface area contributed by atoms with Gasteiger partial charge in [-0.25, -0.2) is 9.50 Å². The standard InChI is InChI=1S/C13H8F3N3O/c14-13(15,16)9-3-1-2-8(6-9)12-17-11-5-4-10(20)7-19(11)18-12/h1-7,20H. The summed E-state index contributed by atoms with van der Waals surface area (Å²) in [6, 6.07) is 7.75. The first-order chi connectivity index (χ1) is 9.43. The highest BCUT2D eigenvalue weighted by Crippen LogP contribution is 2.31. The molecule has 0 aliphatic carbocycles. The first-order valence-corrected chi connectivity index (χ1v) is 5.66. The van der Waals surface area contributed by atoms with Gasteiger partial charge in [-0.3, -0.25) is 0 Å². The Kier molecular flexibility index (Phi) is 2.63. The monoisotopic (exact) mass is 279 g/mol. The van der Waals surface area contributed by atoms with Crippen molar-refractivity contribution in [3.63, 3.8) is 0 Å². The molecule has 0 atom stereocenters. The third-order valence-electron chi connectivity index (χ3n) is 2.76. The number of aromatic nitrogens is 3. The molecule has 0 fully saturated rings. The predicted octanol–water partition coefficient (Wildman–Crippen LogP) is 3.12. The van der Waals surface area contributed by atoms with Crippen LogP contribution in [0.15, 0.2) is 42.6 Å². The Morgan fingerprint density at radius 2 is 1.90 bits per heavy atom. The average molecular weight is 279 g/mol. The Hall–Kier alpha value is -2.57. The van der Waals surface area contributed by atoms with Gasteiger partial charge in [-0.15, -0.1) is 5.10 Å². The molecular formula is C13H8F3N3O. The van der Waals surface area contributed by atoms with Crippen molar-refractivity contribution in [3.8, 4) is 17.1 Å². The second kappa shape index (κ2) is 4.22. The lowest BCUT2D eigenvalue weighted by molar-refractivity contribution is -0.137. The van der Waals surface area contributed by atoms with Crippen LogP contribution in [-0.4, -0.2) is 19.7 Å². The highest BCUT2D eigenvalue weighted by atomic mass is 19.4. The molecule has 4 nitrogen and oxygen atoms in total. The highest BCUT2D eigenvalue weighted by Gasteiger charge is 2.30. The molecule has 1 N–H and O–H groups in total. The summed E-state index contributed by atoms with van der Waals surface area (Å²) in [6.07, 6.45) is -3.08. The molecule has 7 heteroatoms. The lowest BCUT2D eigenvalue weighted by atomic mass is 10.1. The number of nitrogens with zero attached hydrogens (tertiary/aromatic N) is 3. The van der Waals surface area contributed by atoms with Crippen molar-refractivity contribution in [2.24, 2.45) is 0 Å². The van der Waals surface area contributed by atoms with Crippen molar-refractivity contribution in [1.82, 2.24) is 14.6 Å². The van der Waals surface area contributed by atoms with E-state index in [4.69, 9.17) is 0 Å². The van der Waals surface area contributed by atoms with E-state index in [-0.39, 0.29) is 17.1 Å². The van der Waals surface area contributed by atoms with E-state index >= 15 is 0 Å². The second-order valence-corrected chi connectivity index (χ2v) is 4.20. The molecule has 3 rings (SSSR count). The maximum Gasteiger partial charge on any atom is 0.416 e. The summed E-state index contributed by atoms with van der Waals surface area (Å²) >= 11 is 0. The van der Waals surface area contributed by atoms with Crippen LogP contribution < -0.4 is 0 Å². The maximum absolute atomic E-state index is 12.7. The number of benzene rings is 1. The van der Waals surface area contributed by atoms with Gasteiger partial charge in [-0.05, 0) is 24.3 Å². The Labute approximate surface area is 111 Å². The zero-order chi connectivity index (χ0) is 14.3. The lowest BCUT2D eigenvalue weighted by Gasteiger charge is -2.06. The van der Waals surface area contributed by atoms with Gasteiger partial charge >= 0.3 is 6.18 Å². The minimum absolute atomic E-state index is 0.00186. The van der Waals surface area contributed by atoms with Crippen molar-refractivity contribution in [2.75, 3.05) is 0 Å². The van der Waals surface area contributed by atoms with Crippen LogP contribution in [0.25, 0.3) is 17.0 Å². The summed E-state index contributed by atoms with van der Waals surface area (Å²) in [5.41, 5.74) is -0.0464. The average Bonchev–Trinajstić information content (AvgIpc) is 2.81. The Bertz CT molecular complexity index is 780. The fourth-order valence-electron chi connectivity index (χ4n) is 1.83. The molecule has 20 heavy (non-hydrogen) atoms. The molecule has 0 saturated carbocycles. The van der Waals surface area contributed by atoms with E-state index in [1.165, 1.54) is 35.0 Å². The molecule has 0 amide bonds. The Balaban J connectivity index is 2.11. The van der Waals surface area contributed by atoms with E-state index < -0.39 is 11.7 Å². The number of hydrogen-bond acceptors (Lipinski definition) is 3. The van der Waals surface area contributed by atoms with Crippen LogP contribution in [0.3, 0.4) is 0 Å². The number of alkyl halides is 3. The van der Waals surface area contributed by atoms with E-state index in [2.05, 4.69) is 10.1 Å². The molecule has 0 spiro atoms. The summed E-state index contributed by atoms with van der Waals surface area (Å²) in [5, 5.41) is 13.4. The van der Waals surface area contributed by atoms with Gasteiger partial charge in [0.25, 0.3) is 0 Å². The number of fused-ring (bicyclic) bond motifs is 1. The number of aromatic hydroxyl groups is 1. The molecule has 0 bridgehead atoms. The van der Waals surface area contributed by atoms with Gasteiger partial charge in [0.1, 0.15) is 5.75 Å². The first kappa shape index (κ1) is 12.5. The van der Waals surface area contributed by atoms with Crippen molar-refractivity contribution in [2.45, 2.75) is 6.18 Å². The van der Waals surface area contributed by atoms with E-state index in [0.717, 1.165) is 12.1 Å². The minimum Gasteiger partial charge on any atom is -0.506 e. The smallest absolute Gasteiger partial charge is 0.416 e. The van der Waals surface area contributed by atoms with Crippen molar-refractivity contribution < 1.29 is 18.3 Å². The van der Waals surface area contributed by atoms with E-state index in [9.17, 15) is 18.3 Å². The normalized spacial score (nSPS) is 11.9. The van der Waals surface area contributed by atoms with Gasteiger partial charge in [-0.2, -0.15) is 13.2 Å². The summed E-state index contributed by atoms with van der Waals surface area (Å²) in [4.78, 5) is 4.12. The van der Waals surface area contributed by atoms with Crippen LogP contribution in [-0.2, 0) is 6.18 Å². The SMILES string of the molecule is Oc1ccc2nc(-c3cccc(C(F)(F)F)c3)nn2c1. The van der Waals surface area contributed by atoms with Crippen molar-refractivity contribution in [1.29, 1.82) is 0 Å². The fourth-order valence-corrected chi connectivity index (χ4v) is 1.83. The third-order valence-corrected chi connectivity index (χ3v) is 2.76. The number of halogens is 3. The van der Waals surface area contributed by atoms with Crippen LogP contribution in [0.1, 0.15) is 5.56 Å². The summed E-state index contributed by atoms with van der Waals surface area (Å²) in [5.74, 6) is 0.166. The molecule has 0 aliphatic rings. The number of rotatable bonds is 1. The highest BCUT2D eigenvalue weighted by molar-refractivity contribution is 5.59. The molecule has 2 aromatic heterocycles. The van der Waals surface area contributed by atoms with Gasteiger partial charge in [0.05, 0.1) is 11.8 Å². The quantitative estimate of drug-likeness (QED) is 0.744. The predicted molar refractivity (Wildman–Crippen MR) is 65.1 cm³/mol. The zero-order valence-electron chi connectivity index (χ0n) is 9.96. The number of hydrogen-bond donors (Lipinski definition) is 1. The van der Waals surface area contributed by atoms with Gasteiger partial charge < -0.3 is 5.11 Å². The van der Waals surface area contributed by atoms with Crippen LogP contribution in [0, 0.1) is 0 Å². The topological polar surface area (TPSA) is 50.4 Å². The summed E-state index contributed by atoms with van der Waals surface area (Å²) in [6.45, 7) is 0. The molecular weight excluding hydrogens is 271 g/mol. The minimum atomic E-state index is -4.41. The Morgan fingerprint density at radius 3 is 2.65 bits per heavy atom. The summed E-state index contributed by atoms with van der Waals surface area (Å²) in [7, 11) is 0. The second-order valence-electron chi connectivity index (χ2n) is 4.20. The lowest BCUT2D eigenvalue weighted by Crippen LogP contribution is -2.04. The van der Waals surface area contributed by atoms with E-state index in [1.54, 1.807) is 0 Å². The molecule has 0 unspecified atom stereocenters. The van der Waals surface area contributed by atoms with Crippen LogP contribution in [0.4, 0.5) is 13.2 Å². The largest absolute Gasteiger partial charge is 0.506 e. The molecule has 2 heterocycles. The molecule has 1 aromatic carbocycles.